The van der Waals surface area contributed by atoms with Crippen LogP contribution in [0.1, 0.15) is 45.6 Å². The number of aliphatic carboxylic acids is 1. The Morgan fingerprint density at radius 2 is 1.82 bits per heavy atom. The lowest BCUT2D eigenvalue weighted by molar-refractivity contribution is -0.132. The highest BCUT2D eigenvalue weighted by Crippen LogP contribution is 2.19. The van der Waals surface area contributed by atoms with E-state index in [1.54, 1.807) is 26.8 Å². The molecule has 0 saturated carbocycles. The number of ether oxygens (including phenoxy) is 2. The Hall–Kier alpha value is -4.01. The maximum Gasteiger partial charge on any atom is 0.437 e. The Bertz CT molecular complexity index is 1470. The summed E-state index contributed by atoms with van der Waals surface area (Å²) in [6.45, 7) is 6.78. The van der Waals surface area contributed by atoms with Crippen molar-refractivity contribution in [2.24, 2.45) is 4.99 Å². The molecule has 1 amide bonds. The fourth-order valence-corrected chi connectivity index (χ4v) is 4.37. The zero-order valence-corrected chi connectivity index (χ0v) is 22.0. The number of carboxylic acids is 1. The lowest BCUT2D eigenvalue weighted by atomic mass is 9.94. The molecule has 2 aromatic carbocycles. The molecule has 3 aromatic rings. The molecule has 0 atom stereocenters. The second kappa shape index (κ2) is 11.6. The van der Waals surface area contributed by atoms with Crippen LogP contribution in [0.4, 0.5) is 4.79 Å². The number of allylic oxidation sites excluding steroid dienone is 2. The van der Waals surface area contributed by atoms with Gasteiger partial charge in [0, 0.05) is 12.1 Å². The van der Waals surface area contributed by atoms with Crippen LogP contribution in [0.5, 0.6) is 0 Å². The van der Waals surface area contributed by atoms with Gasteiger partial charge in [-0.05, 0) is 69.9 Å². The predicted molar refractivity (Wildman–Crippen MR) is 146 cm³/mol. The van der Waals surface area contributed by atoms with E-state index in [2.05, 4.69) is 4.99 Å². The number of hydrogen-bond donors (Lipinski definition) is 1. The van der Waals surface area contributed by atoms with Gasteiger partial charge in [0.15, 0.2) is 0 Å². The number of amides is 1. The molecule has 1 N–H and O–H groups in total. The van der Waals surface area contributed by atoms with Gasteiger partial charge in [-0.15, -0.1) is 4.99 Å². The van der Waals surface area contributed by atoms with Crippen LogP contribution in [0.15, 0.2) is 77.0 Å². The minimum Gasteiger partial charge on any atom is -0.494 e. The number of benzene rings is 2. The van der Waals surface area contributed by atoms with E-state index in [9.17, 15) is 14.7 Å². The van der Waals surface area contributed by atoms with E-state index in [1.807, 2.05) is 63.7 Å². The first-order valence-corrected chi connectivity index (χ1v) is 12.7. The van der Waals surface area contributed by atoms with E-state index in [-0.39, 0.29) is 0 Å². The van der Waals surface area contributed by atoms with Gasteiger partial charge >= 0.3 is 12.1 Å². The zero-order valence-electron chi connectivity index (χ0n) is 22.0. The molecular formula is C29H32BN3O5. The number of carboxylic acid groups (broad SMARTS) is 1. The quantitative estimate of drug-likeness (QED) is 0.360. The largest absolute Gasteiger partial charge is 0.494 e. The fraction of sp³-hybridized carbons (Fsp3) is 0.345. The fourth-order valence-electron chi connectivity index (χ4n) is 4.37. The maximum absolute atomic E-state index is 12.8. The second-order valence-electron chi connectivity index (χ2n) is 10.2. The highest BCUT2D eigenvalue weighted by Gasteiger charge is 2.19. The first-order valence-electron chi connectivity index (χ1n) is 12.7. The highest BCUT2D eigenvalue weighted by molar-refractivity contribution is 6.32. The molecule has 4 rings (SSSR count). The van der Waals surface area contributed by atoms with E-state index in [0.717, 1.165) is 16.6 Å². The zero-order chi connectivity index (χ0) is 27.3. The number of aromatic nitrogens is 2. The second-order valence-corrected chi connectivity index (χ2v) is 10.2. The molecule has 9 heteroatoms. The monoisotopic (exact) mass is 513 g/mol. The average molecular weight is 513 g/mol. The molecule has 0 bridgehead atoms. The third kappa shape index (κ3) is 6.85. The minimum absolute atomic E-state index is 0.347. The number of imidazole rings is 1. The van der Waals surface area contributed by atoms with E-state index in [1.165, 1.54) is 0 Å². The Morgan fingerprint density at radius 3 is 2.50 bits per heavy atom. The lowest BCUT2D eigenvalue weighted by Crippen LogP contribution is -2.30. The molecule has 1 aliphatic rings. The number of aryl methyl sites for hydroxylation is 1. The van der Waals surface area contributed by atoms with Crippen molar-refractivity contribution in [3.05, 3.63) is 83.2 Å². The summed E-state index contributed by atoms with van der Waals surface area (Å²) in [4.78, 5) is 28.5. The Balaban J connectivity index is 1.66. The number of carbonyl (C=O) groups excluding carboxylic acids is 1. The summed E-state index contributed by atoms with van der Waals surface area (Å²) in [5.41, 5.74) is 3.61. The standard InChI is InChI=1S/C29H32BN3O5/c1-29(2,3)38-28(36)31-27-32(15-8-16-37-23-12-7-10-21(18-23)26(34)35)24-13-4-5-14-25(24)33(27)19-20-9-6-11-22(30)17-20/h4-6,9,11-14,17-18H,7-8,10,15-16,19H2,1-3H3,(H,34,35). The Kier molecular flexibility index (Phi) is 8.24. The summed E-state index contributed by atoms with van der Waals surface area (Å²) in [5.74, 6) is -0.349. The van der Waals surface area contributed by atoms with Crippen LogP contribution in [0.25, 0.3) is 11.0 Å². The summed E-state index contributed by atoms with van der Waals surface area (Å²) in [6, 6.07) is 15.5. The predicted octanol–water partition coefficient (Wildman–Crippen LogP) is 4.22. The number of rotatable bonds is 8. The summed E-state index contributed by atoms with van der Waals surface area (Å²) < 4.78 is 15.4. The van der Waals surface area contributed by atoms with Crippen molar-refractivity contribution in [1.29, 1.82) is 0 Å². The molecule has 1 aromatic heterocycles. The van der Waals surface area contributed by atoms with Crippen molar-refractivity contribution in [3.8, 4) is 0 Å². The topological polar surface area (TPSA) is 95.0 Å². The van der Waals surface area contributed by atoms with Gasteiger partial charge in [-0.2, -0.15) is 0 Å². The van der Waals surface area contributed by atoms with Crippen LogP contribution < -0.4 is 11.1 Å². The van der Waals surface area contributed by atoms with Crippen LogP contribution >= 0.6 is 0 Å². The van der Waals surface area contributed by atoms with E-state index in [4.69, 9.17) is 17.3 Å². The van der Waals surface area contributed by atoms with Crippen LogP contribution in [-0.2, 0) is 27.4 Å². The summed E-state index contributed by atoms with van der Waals surface area (Å²) in [7, 11) is 6.02. The van der Waals surface area contributed by atoms with Gasteiger partial charge in [0.25, 0.3) is 0 Å². The SMILES string of the molecule is [B]c1cccc(Cn2c(=NC(=O)OC(C)(C)C)n(CCCOC3=CCCC(C(=O)O)=C3)c3ccccc32)c1. The maximum atomic E-state index is 12.8. The summed E-state index contributed by atoms with van der Waals surface area (Å²) >= 11 is 0. The van der Waals surface area contributed by atoms with Gasteiger partial charge in [-0.3, -0.25) is 0 Å². The molecule has 2 radical (unpaired) electrons. The Labute approximate surface area is 223 Å². The van der Waals surface area contributed by atoms with Gasteiger partial charge in [-0.1, -0.05) is 41.9 Å². The van der Waals surface area contributed by atoms with E-state index >= 15 is 0 Å². The first kappa shape index (κ1) is 27.0. The van der Waals surface area contributed by atoms with Crippen molar-refractivity contribution >= 4 is 36.4 Å². The van der Waals surface area contributed by atoms with Gasteiger partial charge in [-0.25, -0.2) is 9.59 Å². The molecular weight excluding hydrogens is 481 g/mol. The molecule has 0 spiro atoms. The highest BCUT2D eigenvalue weighted by atomic mass is 16.6. The van der Waals surface area contributed by atoms with Crippen LogP contribution in [0.3, 0.4) is 0 Å². The molecule has 0 fully saturated rings. The molecule has 1 aliphatic carbocycles. The molecule has 0 saturated heterocycles. The molecule has 0 unspecified atom stereocenters. The number of para-hydroxylation sites is 2. The summed E-state index contributed by atoms with van der Waals surface area (Å²) in [5, 5.41) is 9.26. The van der Waals surface area contributed by atoms with Crippen molar-refractivity contribution in [3.63, 3.8) is 0 Å². The van der Waals surface area contributed by atoms with Crippen LogP contribution in [0.2, 0.25) is 0 Å². The normalized spacial score (nSPS) is 14.2. The summed E-state index contributed by atoms with van der Waals surface area (Å²) in [6.07, 6.45) is 4.57. The van der Waals surface area contributed by atoms with Gasteiger partial charge in [0.1, 0.15) is 19.2 Å². The van der Waals surface area contributed by atoms with Gasteiger partial charge in [0.05, 0.1) is 24.2 Å². The van der Waals surface area contributed by atoms with Crippen molar-refractivity contribution in [2.75, 3.05) is 6.61 Å². The number of nitrogens with zero attached hydrogens (tertiary/aromatic N) is 3. The van der Waals surface area contributed by atoms with Crippen LogP contribution in [-0.4, -0.2) is 46.4 Å². The molecule has 196 valence electrons. The van der Waals surface area contributed by atoms with Gasteiger partial charge in [0.2, 0.25) is 5.62 Å². The molecule has 8 nitrogen and oxygen atoms in total. The van der Waals surface area contributed by atoms with Crippen molar-refractivity contribution in [1.82, 2.24) is 9.13 Å². The molecule has 0 aliphatic heterocycles. The number of hydrogen-bond acceptors (Lipinski definition) is 4. The van der Waals surface area contributed by atoms with Crippen molar-refractivity contribution < 1.29 is 24.2 Å². The molecule has 1 heterocycles. The smallest absolute Gasteiger partial charge is 0.437 e. The van der Waals surface area contributed by atoms with Gasteiger partial charge < -0.3 is 23.7 Å². The third-order valence-electron chi connectivity index (χ3n) is 5.97. The first-order chi connectivity index (χ1) is 18.1. The van der Waals surface area contributed by atoms with Crippen LogP contribution in [0, 0.1) is 0 Å². The van der Waals surface area contributed by atoms with E-state index in [0.29, 0.717) is 61.4 Å². The number of fused-ring (bicyclic) bond motifs is 1. The minimum atomic E-state index is -0.920. The average Bonchev–Trinajstić information content (AvgIpc) is 3.13. The Morgan fingerprint density at radius 1 is 1.08 bits per heavy atom. The molecule has 38 heavy (non-hydrogen) atoms. The third-order valence-corrected chi connectivity index (χ3v) is 5.97. The van der Waals surface area contributed by atoms with E-state index < -0.39 is 17.7 Å². The number of carbonyl (C=O) groups is 2. The lowest BCUT2D eigenvalue weighted by Gasteiger charge is -2.17. The van der Waals surface area contributed by atoms with Crippen molar-refractivity contribution in [2.45, 2.75) is 58.7 Å².